The molecule has 0 radical (unpaired) electrons. The van der Waals surface area contributed by atoms with Crippen molar-refractivity contribution >= 4 is 17.4 Å². The molecule has 0 saturated carbocycles. The number of benzene rings is 2. The van der Waals surface area contributed by atoms with Crippen LogP contribution >= 0.6 is 11.6 Å². The topological polar surface area (TPSA) is 17.1 Å². The minimum Gasteiger partial charge on any atom is -0.294 e. The molecule has 92 valence electrons. The van der Waals surface area contributed by atoms with Gasteiger partial charge in [-0.3, -0.25) is 4.79 Å². The van der Waals surface area contributed by atoms with E-state index in [1.807, 2.05) is 13.0 Å². The number of Topliss-reactive ketones (excluding diaryl/α,β-unsaturated/α-hetero) is 1. The number of carbonyl (C=O) groups is 1. The van der Waals surface area contributed by atoms with Gasteiger partial charge < -0.3 is 0 Å². The van der Waals surface area contributed by atoms with E-state index in [0.29, 0.717) is 10.6 Å². The van der Waals surface area contributed by atoms with Crippen molar-refractivity contribution in [3.63, 3.8) is 0 Å². The minimum absolute atomic E-state index is 0.0633. The maximum absolute atomic E-state index is 12.7. The van der Waals surface area contributed by atoms with E-state index in [1.165, 1.54) is 12.1 Å². The first-order valence-corrected chi connectivity index (χ1v) is 5.98. The lowest BCUT2D eigenvalue weighted by Gasteiger charge is -2.05. The number of hydrogen-bond acceptors (Lipinski definition) is 1. The van der Waals surface area contributed by atoms with Gasteiger partial charge in [0.15, 0.2) is 5.78 Å². The van der Waals surface area contributed by atoms with Gasteiger partial charge in [0, 0.05) is 12.0 Å². The van der Waals surface area contributed by atoms with Gasteiger partial charge in [-0.15, -0.1) is 0 Å². The Labute approximate surface area is 110 Å². The molecule has 1 nitrogen and oxygen atoms in total. The average Bonchev–Trinajstić information content (AvgIpc) is 2.32. The second-order valence-corrected chi connectivity index (χ2v) is 4.62. The van der Waals surface area contributed by atoms with Crippen molar-refractivity contribution in [2.45, 2.75) is 13.3 Å². The van der Waals surface area contributed by atoms with E-state index in [1.54, 1.807) is 24.3 Å². The lowest BCUT2D eigenvalue weighted by molar-refractivity contribution is 0.0993. The quantitative estimate of drug-likeness (QED) is 0.757. The van der Waals surface area contributed by atoms with Gasteiger partial charge in [-0.05, 0) is 42.3 Å². The van der Waals surface area contributed by atoms with Crippen LogP contribution in [-0.4, -0.2) is 5.78 Å². The Morgan fingerprint density at radius 2 is 1.83 bits per heavy atom. The lowest BCUT2D eigenvalue weighted by Crippen LogP contribution is -2.04. The summed E-state index contributed by atoms with van der Waals surface area (Å²) in [5, 5.41) is 0.460. The highest BCUT2D eigenvalue weighted by Gasteiger charge is 2.11. The van der Waals surface area contributed by atoms with Crippen LogP contribution in [0.3, 0.4) is 0 Å². The second kappa shape index (κ2) is 5.32. The zero-order valence-corrected chi connectivity index (χ0v) is 10.7. The van der Waals surface area contributed by atoms with Crippen LogP contribution in [0.5, 0.6) is 0 Å². The Hall–Kier alpha value is -1.67. The van der Waals surface area contributed by atoms with Crippen LogP contribution in [0.15, 0.2) is 42.5 Å². The predicted octanol–water partition coefficient (Wildman–Crippen LogP) is 4.21. The van der Waals surface area contributed by atoms with Crippen molar-refractivity contribution in [1.29, 1.82) is 0 Å². The van der Waals surface area contributed by atoms with Gasteiger partial charge in [0.1, 0.15) is 5.82 Å². The molecule has 0 aliphatic heterocycles. The summed E-state index contributed by atoms with van der Waals surface area (Å²) >= 11 is 6.04. The molecule has 0 saturated heterocycles. The van der Waals surface area contributed by atoms with Crippen molar-refractivity contribution in [3.8, 4) is 0 Å². The van der Waals surface area contributed by atoms with Gasteiger partial charge in [0.05, 0.1) is 5.02 Å². The van der Waals surface area contributed by atoms with Gasteiger partial charge in [-0.2, -0.15) is 0 Å². The van der Waals surface area contributed by atoms with Crippen LogP contribution in [0.1, 0.15) is 21.5 Å². The molecule has 0 aliphatic rings. The van der Waals surface area contributed by atoms with Crippen LogP contribution < -0.4 is 0 Å². The van der Waals surface area contributed by atoms with Gasteiger partial charge in [0.2, 0.25) is 0 Å². The SMILES string of the molecule is Cc1ccc(C(=O)Cc2ccc(F)cc2)c(Cl)c1. The lowest BCUT2D eigenvalue weighted by atomic mass is 10.0. The summed E-state index contributed by atoms with van der Waals surface area (Å²) in [6.07, 6.45) is 0.225. The van der Waals surface area contributed by atoms with Gasteiger partial charge in [-0.1, -0.05) is 29.8 Å². The Balaban J connectivity index is 2.19. The third kappa shape index (κ3) is 2.96. The number of aryl methyl sites for hydroxylation is 1. The molecule has 0 spiro atoms. The average molecular weight is 263 g/mol. The molecule has 0 heterocycles. The van der Waals surface area contributed by atoms with Crippen molar-refractivity contribution in [3.05, 3.63) is 70.0 Å². The van der Waals surface area contributed by atoms with E-state index in [0.717, 1.165) is 11.1 Å². The van der Waals surface area contributed by atoms with Crippen molar-refractivity contribution in [1.82, 2.24) is 0 Å². The zero-order chi connectivity index (χ0) is 13.1. The van der Waals surface area contributed by atoms with Crippen LogP contribution in [0.4, 0.5) is 4.39 Å². The van der Waals surface area contributed by atoms with Gasteiger partial charge >= 0.3 is 0 Å². The van der Waals surface area contributed by atoms with Crippen molar-refractivity contribution in [2.75, 3.05) is 0 Å². The fraction of sp³-hybridized carbons (Fsp3) is 0.133. The number of halogens is 2. The molecular formula is C15H12ClFO. The summed E-state index contributed by atoms with van der Waals surface area (Å²) in [6.45, 7) is 1.92. The van der Waals surface area contributed by atoms with E-state index in [-0.39, 0.29) is 18.0 Å². The van der Waals surface area contributed by atoms with E-state index in [4.69, 9.17) is 11.6 Å². The summed E-state index contributed by atoms with van der Waals surface area (Å²) in [4.78, 5) is 12.1. The smallest absolute Gasteiger partial charge is 0.168 e. The maximum atomic E-state index is 12.7. The molecule has 2 rings (SSSR count). The number of ketones is 1. The van der Waals surface area contributed by atoms with Crippen molar-refractivity contribution < 1.29 is 9.18 Å². The largest absolute Gasteiger partial charge is 0.294 e. The molecule has 2 aromatic carbocycles. The molecule has 0 bridgehead atoms. The van der Waals surface area contributed by atoms with E-state index >= 15 is 0 Å². The summed E-state index contributed by atoms with van der Waals surface area (Å²) < 4.78 is 12.7. The molecule has 3 heteroatoms. The third-order valence-corrected chi connectivity index (χ3v) is 3.02. The highest BCUT2D eigenvalue weighted by atomic mass is 35.5. The summed E-state index contributed by atoms with van der Waals surface area (Å²) in [5.74, 6) is -0.369. The van der Waals surface area contributed by atoms with Gasteiger partial charge in [0.25, 0.3) is 0 Å². The fourth-order valence-corrected chi connectivity index (χ4v) is 2.07. The molecule has 2 aromatic rings. The zero-order valence-electron chi connectivity index (χ0n) is 9.91. The highest BCUT2D eigenvalue weighted by molar-refractivity contribution is 6.34. The molecular weight excluding hydrogens is 251 g/mol. The van der Waals surface area contributed by atoms with E-state index < -0.39 is 0 Å². The van der Waals surface area contributed by atoms with E-state index in [9.17, 15) is 9.18 Å². The van der Waals surface area contributed by atoms with Crippen LogP contribution in [0.2, 0.25) is 5.02 Å². The first-order valence-electron chi connectivity index (χ1n) is 5.60. The maximum Gasteiger partial charge on any atom is 0.168 e. The summed E-state index contributed by atoms with van der Waals surface area (Å²) in [5.41, 5.74) is 2.29. The van der Waals surface area contributed by atoms with E-state index in [2.05, 4.69) is 0 Å². The molecule has 0 aromatic heterocycles. The Bertz CT molecular complexity index is 576. The standard InChI is InChI=1S/C15H12ClFO/c1-10-2-7-13(14(16)8-10)15(18)9-11-3-5-12(17)6-4-11/h2-8H,9H2,1H3. The van der Waals surface area contributed by atoms with Crippen LogP contribution in [0.25, 0.3) is 0 Å². The predicted molar refractivity (Wildman–Crippen MR) is 70.6 cm³/mol. The molecule has 0 unspecified atom stereocenters. The molecule has 0 fully saturated rings. The Kier molecular flexibility index (Phi) is 3.78. The minimum atomic E-state index is -0.306. The van der Waals surface area contributed by atoms with Crippen LogP contribution in [-0.2, 0) is 6.42 Å². The normalized spacial score (nSPS) is 10.4. The second-order valence-electron chi connectivity index (χ2n) is 4.21. The van der Waals surface area contributed by atoms with Crippen molar-refractivity contribution in [2.24, 2.45) is 0 Å². The number of rotatable bonds is 3. The van der Waals surface area contributed by atoms with Crippen LogP contribution in [0, 0.1) is 12.7 Å². The molecule has 0 atom stereocenters. The fourth-order valence-electron chi connectivity index (χ4n) is 1.73. The Morgan fingerprint density at radius 3 is 2.44 bits per heavy atom. The third-order valence-electron chi connectivity index (χ3n) is 2.70. The monoisotopic (exact) mass is 262 g/mol. The molecule has 0 aliphatic carbocycles. The number of hydrogen-bond donors (Lipinski definition) is 0. The summed E-state index contributed by atoms with van der Waals surface area (Å²) in [6, 6.07) is 11.2. The molecule has 18 heavy (non-hydrogen) atoms. The first kappa shape index (κ1) is 12.8. The molecule has 0 N–H and O–H groups in total. The first-order chi connectivity index (χ1) is 8.56. The Morgan fingerprint density at radius 1 is 1.17 bits per heavy atom. The molecule has 0 amide bonds. The number of carbonyl (C=O) groups excluding carboxylic acids is 1. The van der Waals surface area contributed by atoms with Gasteiger partial charge in [-0.25, -0.2) is 4.39 Å². The summed E-state index contributed by atoms with van der Waals surface area (Å²) in [7, 11) is 0. The highest BCUT2D eigenvalue weighted by Crippen LogP contribution is 2.19.